The number of oxazole rings is 1. The number of carbonyl (C=O) groups excluding carboxylic acids is 1. The van der Waals surface area contributed by atoms with Crippen molar-refractivity contribution in [2.24, 2.45) is 4.36 Å². The van der Waals surface area contributed by atoms with Gasteiger partial charge in [0.2, 0.25) is 0 Å². The molecule has 0 fully saturated rings. The maximum Gasteiger partial charge on any atom is 0.307 e. The predicted molar refractivity (Wildman–Crippen MR) is 41.0 cm³/mol. The molecule has 5 nitrogen and oxygen atoms in total. The minimum atomic E-state index is -2.42. The maximum atomic E-state index is 11.4. The van der Waals surface area contributed by atoms with Crippen molar-refractivity contribution < 1.29 is 13.4 Å². The van der Waals surface area contributed by atoms with Crippen molar-refractivity contribution in [2.45, 2.75) is 5.75 Å². The fourth-order valence-electron chi connectivity index (χ4n) is 1.04. The van der Waals surface area contributed by atoms with E-state index < -0.39 is 15.6 Å². The highest BCUT2D eigenvalue weighted by Gasteiger charge is 2.25. The molecule has 6 heteroatoms. The third-order valence-corrected chi connectivity index (χ3v) is 2.87. The molecule has 1 aromatic rings. The van der Waals surface area contributed by atoms with Crippen molar-refractivity contribution in [1.82, 2.24) is 4.98 Å². The average molecular weight is 186 g/mol. The molecule has 2 rings (SSSR count). The van der Waals surface area contributed by atoms with E-state index in [2.05, 4.69) is 9.35 Å². The first-order valence-corrected chi connectivity index (χ1v) is 5.34. The van der Waals surface area contributed by atoms with Gasteiger partial charge in [-0.05, 0) is 0 Å². The lowest BCUT2D eigenvalue weighted by Gasteiger charge is -2.06. The van der Waals surface area contributed by atoms with E-state index in [1.165, 1.54) is 12.6 Å². The van der Waals surface area contributed by atoms with Gasteiger partial charge in [0, 0.05) is 6.26 Å². The standard InChI is InChI=1S/C6H6N2O3S/c1-12(10)2-4-5(6(9)8-12)7-3-11-4/h3H,2H2,1H3. The van der Waals surface area contributed by atoms with Crippen molar-refractivity contribution in [2.75, 3.05) is 6.26 Å². The molecule has 1 aliphatic rings. The summed E-state index contributed by atoms with van der Waals surface area (Å²) in [4.78, 5) is 14.8. The third-order valence-electron chi connectivity index (χ3n) is 1.52. The van der Waals surface area contributed by atoms with Crippen LogP contribution < -0.4 is 0 Å². The van der Waals surface area contributed by atoms with E-state index >= 15 is 0 Å². The molecule has 0 saturated heterocycles. The summed E-state index contributed by atoms with van der Waals surface area (Å²) in [6, 6.07) is 0. The summed E-state index contributed by atoms with van der Waals surface area (Å²) < 4.78 is 19.8. The summed E-state index contributed by atoms with van der Waals surface area (Å²) in [5.74, 6) is 0.00801. The van der Waals surface area contributed by atoms with Crippen LogP contribution in [-0.4, -0.2) is 21.4 Å². The molecule has 0 spiro atoms. The van der Waals surface area contributed by atoms with Gasteiger partial charge in [0.05, 0.1) is 15.5 Å². The Bertz CT molecular complexity index is 453. The molecule has 0 aromatic carbocycles. The number of rotatable bonds is 0. The maximum absolute atomic E-state index is 11.4. The highest BCUT2D eigenvalue weighted by atomic mass is 32.2. The van der Waals surface area contributed by atoms with E-state index in [4.69, 9.17) is 4.42 Å². The zero-order valence-corrected chi connectivity index (χ0v) is 7.13. The highest BCUT2D eigenvalue weighted by molar-refractivity contribution is 7.92. The molecule has 0 bridgehead atoms. The second-order valence-corrected chi connectivity index (χ2v) is 5.01. The first-order valence-electron chi connectivity index (χ1n) is 3.25. The number of carbonyl (C=O) groups is 1. The van der Waals surface area contributed by atoms with Crippen LogP contribution >= 0.6 is 0 Å². The molecule has 1 unspecified atom stereocenters. The van der Waals surface area contributed by atoms with Crippen molar-refractivity contribution in [3.8, 4) is 0 Å². The van der Waals surface area contributed by atoms with Crippen LogP contribution in [0.2, 0.25) is 0 Å². The summed E-state index contributed by atoms with van der Waals surface area (Å²) in [7, 11) is -2.42. The first kappa shape index (κ1) is 7.48. The van der Waals surface area contributed by atoms with Crippen LogP contribution in [0, 0.1) is 0 Å². The second kappa shape index (κ2) is 2.16. The fraction of sp³-hybridized carbons (Fsp3) is 0.333. The molecule has 0 radical (unpaired) electrons. The molecule has 0 aliphatic carbocycles. The third kappa shape index (κ3) is 1.04. The van der Waals surface area contributed by atoms with Gasteiger partial charge >= 0.3 is 5.91 Å². The largest absolute Gasteiger partial charge is 0.447 e. The molecule has 0 saturated carbocycles. The van der Waals surface area contributed by atoms with Crippen LogP contribution in [0.5, 0.6) is 0 Å². The summed E-state index contributed by atoms with van der Waals surface area (Å²) in [5, 5.41) is 0. The van der Waals surface area contributed by atoms with Crippen molar-refractivity contribution in [3.63, 3.8) is 0 Å². The fourth-order valence-corrected chi connectivity index (χ4v) is 2.23. The number of fused-ring (bicyclic) bond motifs is 1. The second-order valence-electron chi connectivity index (χ2n) is 2.62. The minimum absolute atomic E-state index is 0.175. The Morgan fingerprint density at radius 1 is 1.67 bits per heavy atom. The molecule has 0 N–H and O–H groups in total. The Morgan fingerprint density at radius 3 is 3.17 bits per heavy atom. The molecular formula is C6H6N2O3S. The van der Waals surface area contributed by atoms with Gasteiger partial charge in [-0.2, -0.15) is 4.36 Å². The number of amides is 1. The molecule has 1 aromatic heterocycles. The molecular weight excluding hydrogens is 180 g/mol. The van der Waals surface area contributed by atoms with Gasteiger partial charge < -0.3 is 4.42 Å². The van der Waals surface area contributed by atoms with Crippen LogP contribution in [0.4, 0.5) is 0 Å². The van der Waals surface area contributed by atoms with E-state index in [0.717, 1.165) is 0 Å². The quantitative estimate of drug-likeness (QED) is 0.588. The van der Waals surface area contributed by atoms with Crippen molar-refractivity contribution in [3.05, 3.63) is 17.8 Å². The SMILES string of the molecule is CS1(=O)=NC(=O)c2ncoc2C1. The number of hydrogen-bond acceptors (Lipinski definition) is 4. The van der Waals surface area contributed by atoms with Crippen molar-refractivity contribution in [1.29, 1.82) is 0 Å². The number of nitrogens with zero attached hydrogens (tertiary/aromatic N) is 2. The van der Waals surface area contributed by atoms with Crippen LogP contribution in [0.25, 0.3) is 0 Å². The molecule has 1 aliphatic heterocycles. The normalized spacial score (nSPS) is 27.9. The Morgan fingerprint density at radius 2 is 2.42 bits per heavy atom. The van der Waals surface area contributed by atoms with Crippen LogP contribution in [-0.2, 0) is 15.5 Å². The zero-order chi connectivity index (χ0) is 8.77. The van der Waals surface area contributed by atoms with Gasteiger partial charge in [-0.3, -0.25) is 4.79 Å². The van der Waals surface area contributed by atoms with Gasteiger partial charge in [-0.1, -0.05) is 0 Å². The van der Waals surface area contributed by atoms with E-state index in [-0.39, 0.29) is 11.4 Å². The average Bonchev–Trinajstić information content (AvgIpc) is 2.31. The van der Waals surface area contributed by atoms with Gasteiger partial charge in [-0.15, -0.1) is 0 Å². The Balaban J connectivity index is 2.65. The Labute approximate surface area is 69.0 Å². The molecule has 12 heavy (non-hydrogen) atoms. The van der Waals surface area contributed by atoms with Gasteiger partial charge in [0.25, 0.3) is 0 Å². The lowest BCUT2D eigenvalue weighted by molar-refractivity contribution is 0.0997. The lowest BCUT2D eigenvalue weighted by atomic mass is 10.3. The van der Waals surface area contributed by atoms with Crippen molar-refractivity contribution >= 4 is 15.6 Å². The van der Waals surface area contributed by atoms with E-state index in [1.807, 2.05) is 0 Å². The topological polar surface area (TPSA) is 72.5 Å². The molecule has 1 amide bonds. The Hall–Kier alpha value is -1.17. The number of aromatic nitrogens is 1. The summed E-state index contributed by atoms with van der Waals surface area (Å²) in [6.45, 7) is 0. The van der Waals surface area contributed by atoms with Crippen LogP contribution in [0.3, 0.4) is 0 Å². The van der Waals surface area contributed by atoms with E-state index in [1.54, 1.807) is 0 Å². The minimum Gasteiger partial charge on any atom is -0.447 e. The monoisotopic (exact) mass is 186 g/mol. The zero-order valence-electron chi connectivity index (χ0n) is 6.31. The highest BCUT2D eigenvalue weighted by Crippen LogP contribution is 2.18. The van der Waals surface area contributed by atoms with Gasteiger partial charge in [-0.25, -0.2) is 9.19 Å². The van der Waals surface area contributed by atoms with E-state index in [0.29, 0.717) is 5.76 Å². The predicted octanol–water partition coefficient (Wildman–Crippen LogP) is 0.426. The first-order chi connectivity index (χ1) is 5.58. The number of hydrogen-bond donors (Lipinski definition) is 0. The molecule has 64 valence electrons. The smallest absolute Gasteiger partial charge is 0.307 e. The molecule has 2 heterocycles. The van der Waals surface area contributed by atoms with Crippen LogP contribution in [0.1, 0.15) is 16.2 Å². The molecule has 1 atom stereocenters. The van der Waals surface area contributed by atoms with Gasteiger partial charge in [0.1, 0.15) is 0 Å². The summed E-state index contributed by atoms with van der Waals surface area (Å²) >= 11 is 0. The summed E-state index contributed by atoms with van der Waals surface area (Å²) in [5.41, 5.74) is 0.191. The van der Waals surface area contributed by atoms with Gasteiger partial charge in [0.15, 0.2) is 17.8 Å². The van der Waals surface area contributed by atoms with Crippen LogP contribution in [0.15, 0.2) is 15.2 Å². The van der Waals surface area contributed by atoms with E-state index in [9.17, 15) is 9.00 Å². The summed E-state index contributed by atoms with van der Waals surface area (Å²) in [6.07, 6.45) is 2.59. The Kier molecular flexibility index (Phi) is 1.35. The lowest BCUT2D eigenvalue weighted by Crippen LogP contribution is -2.14.